The van der Waals surface area contributed by atoms with Crippen molar-refractivity contribution in [2.75, 3.05) is 18.0 Å². The summed E-state index contributed by atoms with van der Waals surface area (Å²) in [5, 5.41) is 0. The Bertz CT molecular complexity index is 334. The van der Waals surface area contributed by atoms with Crippen molar-refractivity contribution in [3.8, 4) is 0 Å². The monoisotopic (exact) mass is 177 g/mol. The standard InChI is InChI=1S/C10H11NO2/c12-6-9-1-2-10(13-9)11-4-7-3-8(7)5-11/h1-2,6-8H,3-5H2. The lowest BCUT2D eigenvalue weighted by atomic mass is 10.4. The highest BCUT2D eigenvalue weighted by atomic mass is 16.4. The molecular weight excluding hydrogens is 166 g/mol. The molecule has 3 nitrogen and oxygen atoms in total. The maximum atomic E-state index is 10.4. The van der Waals surface area contributed by atoms with Crippen molar-refractivity contribution >= 4 is 12.2 Å². The van der Waals surface area contributed by atoms with Crippen molar-refractivity contribution in [1.29, 1.82) is 0 Å². The van der Waals surface area contributed by atoms with Crippen LogP contribution in [0.3, 0.4) is 0 Å². The van der Waals surface area contributed by atoms with Gasteiger partial charge in [0.25, 0.3) is 0 Å². The van der Waals surface area contributed by atoms with E-state index in [0.717, 1.165) is 37.1 Å². The molecule has 13 heavy (non-hydrogen) atoms. The number of fused-ring (bicyclic) bond motifs is 1. The highest BCUT2D eigenvalue weighted by Crippen LogP contribution is 2.46. The van der Waals surface area contributed by atoms with Gasteiger partial charge in [-0.2, -0.15) is 0 Å². The Kier molecular flexibility index (Phi) is 1.31. The summed E-state index contributed by atoms with van der Waals surface area (Å²) in [6, 6.07) is 3.61. The molecule has 1 aliphatic carbocycles. The summed E-state index contributed by atoms with van der Waals surface area (Å²) >= 11 is 0. The van der Waals surface area contributed by atoms with Crippen LogP contribution in [0, 0.1) is 11.8 Å². The predicted octanol–water partition coefficient (Wildman–Crippen LogP) is 1.55. The van der Waals surface area contributed by atoms with Crippen molar-refractivity contribution in [1.82, 2.24) is 0 Å². The van der Waals surface area contributed by atoms with Crippen LogP contribution in [0.2, 0.25) is 0 Å². The van der Waals surface area contributed by atoms with Gasteiger partial charge >= 0.3 is 0 Å². The molecule has 2 aliphatic rings. The summed E-state index contributed by atoms with van der Waals surface area (Å²) < 4.78 is 5.34. The van der Waals surface area contributed by atoms with Gasteiger partial charge < -0.3 is 9.32 Å². The minimum Gasteiger partial charge on any atom is -0.438 e. The van der Waals surface area contributed by atoms with Gasteiger partial charge in [0.15, 0.2) is 17.9 Å². The normalized spacial score (nSPS) is 30.3. The van der Waals surface area contributed by atoms with E-state index in [1.54, 1.807) is 6.07 Å². The SMILES string of the molecule is O=Cc1ccc(N2CC3CC3C2)o1. The molecule has 2 fully saturated rings. The van der Waals surface area contributed by atoms with E-state index in [0.29, 0.717) is 5.76 Å². The third-order valence-corrected chi connectivity index (χ3v) is 3.02. The third kappa shape index (κ3) is 1.07. The molecule has 1 aliphatic heterocycles. The molecule has 3 rings (SSSR count). The Hall–Kier alpha value is -1.25. The van der Waals surface area contributed by atoms with Crippen LogP contribution in [0.1, 0.15) is 17.0 Å². The molecule has 1 aromatic rings. The van der Waals surface area contributed by atoms with Crippen molar-refractivity contribution < 1.29 is 9.21 Å². The van der Waals surface area contributed by atoms with E-state index in [-0.39, 0.29) is 0 Å². The van der Waals surface area contributed by atoms with Gasteiger partial charge in [-0.15, -0.1) is 0 Å². The minimum absolute atomic E-state index is 0.426. The topological polar surface area (TPSA) is 33.5 Å². The molecule has 1 saturated heterocycles. The second-order valence-electron chi connectivity index (χ2n) is 3.95. The van der Waals surface area contributed by atoms with Crippen LogP contribution >= 0.6 is 0 Å². The van der Waals surface area contributed by atoms with E-state index in [4.69, 9.17) is 4.42 Å². The number of hydrogen-bond acceptors (Lipinski definition) is 3. The molecule has 0 N–H and O–H groups in total. The van der Waals surface area contributed by atoms with Gasteiger partial charge in [0, 0.05) is 19.2 Å². The summed E-state index contributed by atoms with van der Waals surface area (Å²) in [5.74, 6) is 3.07. The first kappa shape index (κ1) is 7.18. The fraction of sp³-hybridized carbons (Fsp3) is 0.500. The molecule has 0 amide bonds. The van der Waals surface area contributed by atoms with Crippen molar-refractivity contribution in [2.45, 2.75) is 6.42 Å². The van der Waals surface area contributed by atoms with Gasteiger partial charge in [0.05, 0.1) is 0 Å². The maximum absolute atomic E-state index is 10.4. The number of piperidine rings is 1. The van der Waals surface area contributed by atoms with E-state index in [9.17, 15) is 4.79 Å². The van der Waals surface area contributed by atoms with Crippen molar-refractivity contribution in [2.24, 2.45) is 11.8 Å². The minimum atomic E-state index is 0.426. The van der Waals surface area contributed by atoms with E-state index in [1.165, 1.54) is 6.42 Å². The van der Waals surface area contributed by atoms with Gasteiger partial charge in [-0.05, 0) is 24.3 Å². The highest BCUT2D eigenvalue weighted by Gasteiger charge is 2.45. The molecule has 68 valence electrons. The van der Waals surface area contributed by atoms with Gasteiger partial charge in [-0.3, -0.25) is 4.79 Å². The molecule has 0 bridgehead atoms. The number of aldehydes is 1. The molecule has 2 atom stereocenters. The fourth-order valence-corrected chi connectivity index (χ4v) is 2.15. The van der Waals surface area contributed by atoms with Gasteiger partial charge in [-0.1, -0.05) is 0 Å². The second-order valence-corrected chi connectivity index (χ2v) is 3.95. The number of furan rings is 1. The van der Waals surface area contributed by atoms with Crippen LogP contribution in [0.4, 0.5) is 5.88 Å². The van der Waals surface area contributed by atoms with Crippen LogP contribution in [-0.2, 0) is 0 Å². The summed E-state index contributed by atoms with van der Waals surface area (Å²) in [6.45, 7) is 2.22. The smallest absolute Gasteiger partial charge is 0.196 e. The molecule has 3 heteroatoms. The van der Waals surface area contributed by atoms with Gasteiger partial charge in [0.2, 0.25) is 0 Å². The summed E-state index contributed by atoms with van der Waals surface area (Å²) in [4.78, 5) is 12.6. The average Bonchev–Trinajstić information content (AvgIpc) is 2.67. The first-order valence-electron chi connectivity index (χ1n) is 4.67. The Morgan fingerprint density at radius 3 is 2.77 bits per heavy atom. The van der Waals surface area contributed by atoms with Gasteiger partial charge in [0.1, 0.15) is 0 Å². The zero-order valence-corrected chi connectivity index (χ0v) is 7.27. The number of carbonyl (C=O) groups is 1. The summed E-state index contributed by atoms with van der Waals surface area (Å²) in [5.41, 5.74) is 0. The number of anilines is 1. The molecular formula is C10H11NO2. The second kappa shape index (κ2) is 2.37. The fourth-order valence-electron chi connectivity index (χ4n) is 2.15. The number of nitrogens with zero attached hydrogens (tertiary/aromatic N) is 1. The van der Waals surface area contributed by atoms with Gasteiger partial charge in [-0.25, -0.2) is 0 Å². The lowest BCUT2D eigenvalue weighted by Gasteiger charge is -2.15. The van der Waals surface area contributed by atoms with Crippen molar-refractivity contribution in [3.63, 3.8) is 0 Å². The first-order valence-corrected chi connectivity index (χ1v) is 4.67. The van der Waals surface area contributed by atoms with Crippen LogP contribution in [0.15, 0.2) is 16.5 Å². The summed E-state index contributed by atoms with van der Waals surface area (Å²) in [7, 11) is 0. The van der Waals surface area contributed by atoms with E-state index >= 15 is 0 Å². The molecule has 1 aromatic heterocycles. The molecule has 0 spiro atoms. The van der Waals surface area contributed by atoms with Crippen molar-refractivity contribution in [3.05, 3.63) is 17.9 Å². The maximum Gasteiger partial charge on any atom is 0.196 e. The Balaban J connectivity index is 1.80. The Morgan fingerprint density at radius 1 is 1.38 bits per heavy atom. The van der Waals surface area contributed by atoms with Crippen LogP contribution < -0.4 is 4.90 Å². The number of rotatable bonds is 2. The van der Waals surface area contributed by atoms with Crippen LogP contribution in [-0.4, -0.2) is 19.4 Å². The third-order valence-electron chi connectivity index (χ3n) is 3.02. The quantitative estimate of drug-likeness (QED) is 0.642. The number of hydrogen-bond donors (Lipinski definition) is 0. The first-order chi connectivity index (χ1) is 6.36. The summed E-state index contributed by atoms with van der Waals surface area (Å²) in [6.07, 6.45) is 2.14. The predicted molar refractivity (Wildman–Crippen MR) is 47.9 cm³/mol. The van der Waals surface area contributed by atoms with Crippen LogP contribution in [0.25, 0.3) is 0 Å². The van der Waals surface area contributed by atoms with E-state index < -0.39 is 0 Å². The molecule has 2 unspecified atom stereocenters. The lowest BCUT2D eigenvalue weighted by Crippen LogP contribution is -2.20. The number of carbonyl (C=O) groups excluding carboxylic acids is 1. The van der Waals surface area contributed by atoms with E-state index in [2.05, 4.69) is 4.90 Å². The largest absolute Gasteiger partial charge is 0.438 e. The average molecular weight is 177 g/mol. The molecule has 2 heterocycles. The van der Waals surface area contributed by atoms with Crippen LogP contribution in [0.5, 0.6) is 0 Å². The molecule has 0 aromatic carbocycles. The van der Waals surface area contributed by atoms with E-state index in [1.807, 2.05) is 6.07 Å². The lowest BCUT2D eigenvalue weighted by molar-refractivity contribution is 0.110. The molecule has 0 radical (unpaired) electrons. The Labute approximate surface area is 76.3 Å². The zero-order valence-electron chi connectivity index (χ0n) is 7.27. The Morgan fingerprint density at radius 2 is 2.15 bits per heavy atom. The highest BCUT2D eigenvalue weighted by molar-refractivity contribution is 5.71. The molecule has 1 saturated carbocycles. The zero-order chi connectivity index (χ0) is 8.84.